The van der Waals surface area contributed by atoms with Crippen LogP contribution >= 0.6 is 0 Å². The van der Waals surface area contributed by atoms with E-state index in [2.05, 4.69) is 43.9 Å². The van der Waals surface area contributed by atoms with Crippen LogP contribution in [0.5, 0.6) is 0 Å². The summed E-state index contributed by atoms with van der Waals surface area (Å²) in [4.78, 5) is 4.35. The van der Waals surface area contributed by atoms with Gasteiger partial charge in [-0.2, -0.15) is 0 Å². The predicted octanol–water partition coefficient (Wildman–Crippen LogP) is 0.723. The van der Waals surface area contributed by atoms with Gasteiger partial charge in [0.15, 0.2) is 8.32 Å². The number of hydrogen-bond acceptors (Lipinski definition) is 4. The zero-order valence-corrected chi connectivity index (χ0v) is 17.6. The molecule has 0 aliphatic carbocycles. The fourth-order valence-electron chi connectivity index (χ4n) is 2.27. The average Bonchev–Trinajstić information content (AvgIpc) is 2.94. The molecule has 2 rings (SSSR count). The molecule has 0 N–H and O–H groups in total. The van der Waals surface area contributed by atoms with Crippen LogP contribution in [0.25, 0.3) is 26.4 Å². The maximum Gasteiger partial charge on any atom is 1.00 e. The summed E-state index contributed by atoms with van der Waals surface area (Å²) in [5.74, 6) is 0. The van der Waals surface area contributed by atoms with Crippen molar-refractivity contribution in [2.24, 2.45) is 5.11 Å². The first-order valence-electron chi connectivity index (χ1n) is 7.11. The standard InChI is InChI=1S/C12H23N3O3Si.N3.Na/c1-12(2,3)19(4,5)18-9-7-17-10-8(14-15-13)6-16-11(9)10;1-3-2;/h8-11H,6-7H2,1-5H3;;/q;-1;+1/t8-,9+,10+,11+;;/m0../s1. The molecule has 23 heavy (non-hydrogen) atoms. The van der Waals surface area contributed by atoms with Gasteiger partial charge in [-0.3, -0.25) is 4.91 Å². The van der Waals surface area contributed by atoms with E-state index in [-0.39, 0.29) is 58.9 Å². The zero-order valence-electron chi connectivity index (χ0n) is 14.6. The first-order valence-corrected chi connectivity index (χ1v) is 10.0. The van der Waals surface area contributed by atoms with Crippen molar-refractivity contribution < 1.29 is 43.5 Å². The fraction of sp³-hybridized carbons (Fsp3) is 1.00. The van der Waals surface area contributed by atoms with E-state index in [1.807, 2.05) is 0 Å². The fourth-order valence-corrected chi connectivity index (χ4v) is 3.58. The van der Waals surface area contributed by atoms with Crippen LogP contribution in [-0.4, -0.2) is 45.9 Å². The monoisotopic (exact) mass is 350 g/mol. The van der Waals surface area contributed by atoms with E-state index in [4.69, 9.17) is 30.5 Å². The number of azide groups is 1. The van der Waals surface area contributed by atoms with Crippen molar-refractivity contribution in [1.29, 1.82) is 0 Å². The second kappa shape index (κ2) is 9.27. The summed E-state index contributed by atoms with van der Waals surface area (Å²) in [7, 11) is -1.83. The Morgan fingerprint density at radius 3 is 2.09 bits per heavy atom. The molecule has 9 nitrogen and oxygen atoms in total. The minimum atomic E-state index is -1.83. The summed E-state index contributed by atoms with van der Waals surface area (Å²) in [6.07, 6.45) is -0.278. The van der Waals surface area contributed by atoms with E-state index in [0.29, 0.717) is 13.2 Å². The van der Waals surface area contributed by atoms with Crippen LogP contribution in [0.15, 0.2) is 5.11 Å². The molecular weight excluding hydrogens is 327 g/mol. The molecule has 0 aromatic heterocycles. The molecule has 2 aliphatic heterocycles. The van der Waals surface area contributed by atoms with Gasteiger partial charge in [0.2, 0.25) is 0 Å². The van der Waals surface area contributed by atoms with Crippen LogP contribution in [0.2, 0.25) is 18.1 Å². The Bertz CT molecular complexity index is 474. The van der Waals surface area contributed by atoms with Gasteiger partial charge in [0.25, 0.3) is 0 Å². The molecule has 0 radical (unpaired) electrons. The Balaban J connectivity index is 0.00000112. The molecule has 0 amide bonds. The van der Waals surface area contributed by atoms with Crippen LogP contribution < -0.4 is 29.6 Å². The van der Waals surface area contributed by atoms with E-state index in [0.717, 1.165) is 0 Å². The van der Waals surface area contributed by atoms with Crippen molar-refractivity contribution in [2.75, 3.05) is 13.2 Å². The first-order chi connectivity index (χ1) is 10.2. The van der Waals surface area contributed by atoms with Gasteiger partial charge in [0, 0.05) is 4.91 Å². The van der Waals surface area contributed by atoms with Gasteiger partial charge in [-0.15, -0.1) is 0 Å². The van der Waals surface area contributed by atoms with Gasteiger partial charge in [0.05, 0.1) is 31.5 Å². The summed E-state index contributed by atoms with van der Waals surface area (Å²) in [6, 6.07) is -0.219. The Morgan fingerprint density at radius 1 is 1.09 bits per heavy atom. The number of ether oxygens (including phenoxy) is 2. The van der Waals surface area contributed by atoms with Crippen molar-refractivity contribution in [2.45, 2.75) is 63.3 Å². The maximum absolute atomic E-state index is 8.53. The smallest absolute Gasteiger partial charge is 0.409 e. The summed E-state index contributed by atoms with van der Waals surface area (Å²) >= 11 is 0. The van der Waals surface area contributed by atoms with Gasteiger partial charge in [-0.1, -0.05) is 25.9 Å². The third kappa shape index (κ3) is 5.63. The summed E-state index contributed by atoms with van der Waals surface area (Å²) < 4.78 is 17.8. The quantitative estimate of drug-likeness (QED) is 0.321. The van der Waals surface area contributed by atoms with Crippen LogP contribution in [-0.2, 0) is 13.9 Å². The molecule has 2 aliphatic rings. The van der Waals surface area contributed by atoms with Crippen LogP contribution in [0.3, 0.4) is 0 Å². The van der Waals surface area contributed by atoms with E-state index in [9.17, 15) is 0 Å². The van der Waals surface area contributed by atoms with Crippen molar-refractivity contribution in [1.82, 2.24) is 0 Å². The van der Waals surface area contributed by atoms with E-state index in [1.54, 1.807) is 0 Å². The molecule has 124 valence electrons. The number of nitrogens with zero attached hydrogens (tertiary/aromatic N) is 6. The zero-order chi connectivity index (χ0) is 17.0. The molecule has 0 aromatic rings. The summed E-state index contributed by atoms with van der Waals surface area (Å²) in [5.41, 5.74) is 22.0. The molecule has 4 atom stereocenters. The number of rotatable bonds is 3. The molecule has 2 fully saturated rings. The Morgan fingerprint density at radius 2 is 1.61 bits per heavy atom. The van der Waals surface area contributed by atoms with Crippen molar-refractivity contribution in [3.63, 3.8) is 0 Å². The average molecular weight is 350 g/mol. The SMILES string of the molecule is CC(C)(C)[Si](C)(C)O[C@@H]1CO[C@H]2[C@@H]1OC[C@@H]2N=[N+]=[N-].[N-]=[N+]=[N-].[Na+]. The van der Waals surface area contributed by atoms with E-state index in [1.165, 1.54) is 4.91 Å². The second-order valence-electron chi connectivity index (χ2n) is 6.87. The van der Waals surface area contributed by atoms with Gasteiger partial charge in [-0.05, 0) is 23.7 Å². The molecule has 0 aromatic carbocycles. The number of hydrogen-bond donors (Lipinski definition) is 0. The molecule has 0 saturated carbocycles. The van der Waals surface area contributed by atoms with Crippen molar-refractivity contribution in [3.05, 3.63) is 26.4 Å². The Kier molecular flexibility index (Phi) is 9.15. The number of fused-ring (bicyclic) bond motifs is 1. The topological polar surface area (TPSA) is 135 Å². The third-order valence-electron chi connectivity index (χ3n) is 4.43. The molecule has 0 bridgehead atoms. The van der Waals surface area contributed by atoms with Crippen molar-refractivity contribution >= 4 is 8.32 Å². The molecule has 0 spiro atoms. The minimum Gasteiger partial charge on any atom is -0.409 e. The second-order valence-corrected chi connectivity index (χ2v) is 11.6. The summed E-state index contributed by atoms with van der Waals surface area (Å²) in [5, 5.41) is 3.89. The van der Waals surface area contributed by atoms with Crippen LogP contribution in [0.4, 0.5) is 0 Å². The van der Waals surface area contributed by atoms with E-state index < -0.39 is 8.32 Å². The van der Waals surface area contributed by atoms with Gasteiger partial charge < -0.3 is 25.0 Å². The largest absolute Gasteiger partial charge is 1.00 e. The van der Waals surface area contributed by atoms with Gasteiger partial charge >= 0.3 is 29.6 Å². The van der Waals surface area contributed by atoms with Gasteiger partial charge in [0.1, 0.15) is 6.10 Å². The minimum absolute atomic E-state index is 0. The Hall–Kier alpha value is -0.283. The molecule has 2 heterocycles. The molecular formula is C12H23N6NaO3Si. The predicted molar refractivity (Wildman–Crippen MR) is 84.6 cm³/mol. The molecule has 0 unspecified atom stereocenters. The van der Waals surface area contributed by atoms with E-state index >= 15 is 0 Å². The van der Waals surface area contributed by atoms with Crippen LogP contribution in [0, 0.1) is 0 Å². The molecule has 2 saturated heterocycles. The maximum atomic E-state index is 8.53. The van der Waals surface area contributed by atoms with Crippen LogP contribution in [0.1, 0.15) is 20.8 Å². The third-order valence-corrected chi connectivity index (χ3v) is 8.94. The summed E-state index contributed by atoms with van der Waals surface area (Å²) in [6.45, 7) is 12.0. The normalized spacial score (nSPS) is 29.3. The van der Waals surface area contributed by atoms with Gasteiger partial charge in [-0.25, -0.2) is 0 Å². The molecule has 11 heteroatoms. The Labute approximate surface area is 159 Å². The van der Waals surface area contributed by atoms with Crippen molar-refractivity contribution in [3.8, 4) is 0 Å². The first kappa shape index (κ1) is 22.7.